The van der Waals surface area contributed by atoms with Gasteiger partial charge in [-0.05, 0) is 0 Å². The Morgan fingerprint density at radius 3 is 3.00 bits per heavy atom. The Morgan fingerprint density at radius 1 is 1.31 bits per heavy atom. The maximum Gasteiger partial charge on any atom is 0.135 e. The second-order valence-electron chi connectivity index (χ2n) is 2.49. The molecule has 0 amide bonds. The first-order valence-corrected chi connectivity index (χ1v) is 3.65. The number of nitrogen functional groups attached to an aromatic ring is 1. The van der Waals surface area contributed by atoms with Crippen molar-refractivity contribution in [3.8, 4) is 0 Å². The van der Waals surface area contributed by atoms with Gasteiger partial charge in [-0.2, -0.15) is 0 Å². The summed E-state index contributed by atoms with van der Waals surface area (Å²) >= 11 is 0. The summed E-state index contributed by atoms with van der Waals surface area (Å²) in [5.74, 6) is 0.493. The number of aromatic nitrogens is 2. The second kappa shape index (κ2) is 4.00. The molecule has 1 aliphatic rings. The quantitative estimate of drug-likeness (QED) is 0.673. The van der Waals surface area contributed by atoms with Gasteiger partial charge in [-0.1, -0.05) is 6.08 Å². The van der Waals surface area contributed by atoms with E-state index in [1.54, 1.807) is 12.4 Å². The first-order valence-electron chi connectivity index (χ1n) is 3.65. The fourth-order valence-corrected chi connectivity index (χ4v) is 1.09. The maximum absolute atomic E-state index is 5.64. The Labute approximate surface area is 82.0 Å². The smallest absolute Gasteiger partial charge is 0.135 e. The fourth-order valence-electron chi connectivity index (χ4n) is 1.09. The van der Waals surface area contributed by atoms with Crippen LogP contribution in [0.25, 0.3) is 0 Å². The number of aliphatic imine (C=N–C) groups is 1. The van der Waals surface area contributed by atoms with Gasteiger partial charge in [0, 0.05) is 18.8 Å². The van der Waals surface area contributed by atoms with E-state index >= 15 is 0 Å². The SMILES string of the molecule is Cl.Nc1ncnc2c1C=NC=CC2. The van der Waals surface area contributed by atoms with Crippen molar-refractivity contribution >= 4 is 24.4 Å². The fraction of sp³-hybridized carbons (Fsp3) is 0.125. The summed E-state index contributed by atoms with van der Waals surface area (Å²) in [5, 5.41) is 0. The summed E-state index contributed by atoms with van der Waals surface area (Å²) in [6, 6.07) is 0. The Bertz CT molecular complexity index is 359. The lowest BCUT2D eigenvalue weighted by Crippen LogP contribution is -2.03. The van der Waals surface area contributed by atoms with Crippen molar-refractivity contribution in [2.75, 3.05) is 5.73 Å². The number of nitrogens with zero attached hydrogens (tertiary/aromatic N) is 3. The third-order valence-corrected chi connectivity index (χ3v) is 1.70. The van der Waals surface area contributed by atoms with Crippen LogP contribution in [0.5, 0.6) is 0 Å². The van der Waals surface area contributed by atoms with Crippen LogP contribution in [0.1, 0.15) is 11.3 Å². The van der Waals surface area contributed by atoms with Crippen LogP contribution in [0.15, 0.2) is 23.6 Å². The highest BCUT2D eigenvalue weighted by Gasteiger charge is 2.06. The molecule has 2 rings (SSSR count). The standard InChI is InChI=1S/C8H8N4.ClH/c9-8-6-4-10-3-1-2-7(6)11-5-12-8;/h1,3-5H,2H2,(H2,9,11,12);1H. The summed E-state index contributed by atoms with van der Waals surface area (Å²) in [7, 11) is 0. The Kier molecular flexibility index (Phi) is 2.97. The molecular formula is C8H9ClN4. The van der Waals surface area contributed by atoms with Crippen molar-refractivity contribution < 1.29 is 0 Å². The van der Waals surface area contributed by atoms with Crippen LogP contribution in [0.2, 0.25) is 0 Å². The predicted octanol–water partition coefficient (Wildman–Crippen LogP) is 0.969. The van der Waals surface area contributed by atoms with E-state index in [4.69, 9.17) is 5.73 Å². The molecule has 0 radical (unpaired) electrons. The second-order valence-corrected chi connectivity index (χ2v) is 2.49. The Balaban J connectivity index is 0.000000845. The molecule has 0 bridgehead atoms. The van der Waals surface area contributed by atoms with E-state index in [9.17, 15) is 0 Å². The van der Waals surface area contributed by atoms with Crippen molar-refractivity contribution in [2.45, 2.75) is 6.42 Å². The molecular weight excluding hydrogens is 188 g/mol. The molecule has 0 saturated carbocycles. The van der Waals surface area contributed by atoms with Crippen molar-refractivity contribution in [3.63, 3.8) is 0 Å². The molecule has 0 saturated heterocycles. The average molecular weight is 197 g/mol. The van der Waals surface area contributed by atoms with Gasteiger partial charge in [-0.3, -0.25) is 4.99 Å². The van der Waals surface area contributed by atoms with Crippen LogP contribution in [0.4, 0.5) is 5.82 Å². The lowest BCUT2D eigenvalue weighted by molar-refractivity contribution is 1.05. The third kappa shape index (κ3) is 1.84. The molecule has 0 atom stereocenters. The average Bonchev–Trinajstić information content (AvgIpc) is 2.30. The van der Waals surface area contributed by atoms with Crippen molar-refractivity contribution in [3.05, 3.63) is 29.9 Å². The van der Waals surface area contributed by atoms with Gasteiger partial charge in [0.15, 0.2) is 0 Å². The molecule has 4 nitrogen and oxygen atoms in total. The molecule has 13 heavy (non-hydrogen) atoms. The van der Waals surface area contributed by atoms with Gasteiger partial charge >= 0.3 is 0 Å². The number of hydrogen-bond donors (Lipinski definition) is 1. The third-order valence-electron chi connectivity index (χ3n) is 1.70. The van der Waals surface area contributed by atoms with E-state index in [0.29, 0.717) is 5.82 Å². The predicted molar refractivity (Wildman–Crippen MR) is 54.1 cm³/mol. The van der Waals surface area contributed by atoms with Crippen LogP contribution >= 0.6 is 12.4 Å². The van der Waals surface area contributed by atoms with E-state index in [0.717, 1.165) is 17.7 Å². The molecule has 1 aromatic heterocycles. The molecule has 68 valence electrons. The highest BCUT2D eigenvalue weighted by molar-refractivity contribution is 5.87. The normalized spacial score (nSPS) is 12.9. The van der Waals surface area contributed by atoms with Crippen LogP contribution in [0, 0.1) is 0 Å². The summed E-state index contributed by atoms with van der Waals surface area (Å²) in [5.41, 5.74) is 7.41. The van der Waals surface area contributed by atoms with E-state index < -0.39 is 0 Å². The first-order chi connectivity index (χ1) is 5.88. The van der Waals surface area contributed by atoms with Crippen LogP contribution in [-0.2, 0) is 6.42 Å². The molecule has 1 aromatic rings. The van der Waals surface area contributed by atoms with Crippen LogP contribution in [-0.4, -0.2) is 16.2 Å². The number of fused-ring (bicyclic) bond motifs is 1. The summed E-state index contributed by atoms with van der Waals surface area (Å²) in [4.78, 5) is 12.0. The minimum atomic E-state index is 0. The number of halogens is 1. The highest BCUT2D eigenvalue weighted by Crippen LogP contribution is 2.12. The largest absolute Gasteiger partial charge is 0.383 e. The zero-order chi connectivity index (χ0) is 8.39. The number of hydrogen-bond acceptors (Lipinski definition) is 4. The Morgan fingerprint density at radius 2 is 2.15 bits per heavy atom. The van der Waals surface area contributed by atoms with Gasteiger partial charge < -0.3 is 5.73 Å². The molecule has 2 heterocycles. The zero-order valence-electron chi connectivity index (χ0n) is 6.84. The Hall–Kier alpha value is -1.42. The number of allylic oxidation sites excluding steroid dienone is 1. The maximum atomic E-state index is 5.64. The molecule has 0 aliphatic carbocycles. The van der Waals surface area contributed by atoms with Gasteiger partial charge in [-0.25, -0.2) is 9.97 Å². The van der Waals surface area contributed by atoms with Crippen molar-refractivity contribution in [1.82, 2.24) is 9.97 Å². The van der Waals surface area contributed by atoms with Crippen LogP contribution < -0.4 is 5.73 Å². The zero-order valence-corrected chi connectivity index (χ0v) is 7.66. The molecule has 1 aliphatic heterocycles. The topological polar surface area (TPSA) is 64.2 Å². The molecule has 0 fully saturated rings. The summed E-state index contributed by atoms with van der Waals surface area (Å²) < 4.78 is 0. The van der Waals surface area contributed by atoms with Gasteiger partial charge in [0.2, 0.25) is 0 Å². The highest BCUT2D eigenvalue weighted by atomic mass is 35.5. The van der Waals surface area contributed by atoms with Gasteiger partial charge in [-0.15, -0.1) is 12.4 Å². The minimum Gasteiger partial charge on any atom is -0.383 e. The van der Waals surface area contributed by atoms with Gasteiger partial charge in [0.05, 0.1) is 11.3 Å². The monoisotopic (exact) mass is 196 g/mol. The molecule has 5 heteroatoms. The molecule has 0 spiro atoms. The number of anilines is 1. The van der Waals surface area contributed by atoms with Gasteiger partial charge in [0.1, 0.15) is 12.1 Å². The van der Waals surface area contributed by atoms with Crippen molar-refractivity contribution in [2.24, 2.45) is 4.99 Å². The van der Waals surface area contributed by atoms with Crippen LogP contribution in [0.3, 0.4) is 0 Å². The minimum absolute atomic E-state index is 0. The van der Waals surface area contributed by atoms with E-state index in [1.165, 1.54) is 6.33 Å². The summed E-state index contributed by atoms with van der Waals surface area (Å²) in [6.07, 6.45) is 7.60. The lowest BCUT2D eigenvalue weighted by atomic mass is 10.2. The van der Waals surface area contributed by atoms with E-state index in [2.05, 4.69) is 15.0 Å². The van der Waals surface area contributed by atoms with Crippen molar-refractivity contribution in [1.29, 1.82) is 0 Å². The number of rotatable bonds is 0. The first kappa shape index (κ1) is 9.67. The van der Waals surface area contributed by atoms with Gasteiger partial charge in [0.25, 0.3) is 0 Å². The molecule has 2 N–H and O–H groups in total. The number of nitrogens with two attached hydrogens (primary N) is 1. The lowest BCUT2D eigenvalue weighted by Gasteiger charge is -2.01. The molecule has 0 aromatic carbocycles. The summed E-state index contributed by atoms with van der Waals surface area (Å²) in [6.45, 7) is 0. The molecule has 0 unspecified atom stereocenters. The van der Waals surface area contributed by atoms with E-state index in [-0.39, 0.29) is 12.4 Å². The van der Waals surface area contributed by atoms with E-state index in [1.807, 2.05) is 6.08 Å².